The van der Waals surface area contributed by atoms with Crippen LogP contribution in [0.2, 0.25) is 0 Å². The smallest absolute Gasteiger partial charge is 0.410 e. The molecule has 0 bridgehead atoms. The van der Waals surface area contributed by atoms with E-state index in [0.717, 1.165) is 38.8 Å². The van der Waals surface area contributed by atoms with Crippen molar-refractivity contribution in [2.45, 2.75) is 64.1 Å². The van der Waals surface area contributed by atoms with Crippen LogP contribution in [0.25, 0.3) is 0 Å². The minimum atomic E-state index is -0.530. The summed E-state index contributed by atoms with van der Waals surface area (Å²) in [4.78, 5) is 30.9. The summed E-state index contributed by atoms with van der Waals surface area (Å²) in [7, 11) is 4.17. The van der Waals surface area contributed by atoms with Gasteiger partial charge in [-0.3, -0.25) is 9.69 Å². The normalized spacial score (nSPS) is 19.8. The summed E-state index contributed by atoms with van der Waals surface area (Å²) in [5, 5.41) is 8.59. The van der Waals surface area contributed by atoms with Crippen LogP contribution in [-0.4, -0.2) is 83.2 Å². The lowest BCUT2D eigenvalue weighted by Gasteiger charge is -2.37. The molecule has 0 aliphatic carbocycles. The molecule has 2 heterocycles. The first kappa shape index (κ1) is 24.9. The Labute approximate surface area is 184 Å². The van der Waals surface area contributed by atoms with Gasteiger partial charge in [-0.1, -0.05) is 0 Å². The molecular formula is C23H36FN3O4. The maximum atomic E-state index is 12.8. The molecule has 0 unspecified atom stereocenters. The van der Waals surface area contributed by atoms with Crippen LogP contribution >= 0.6 is 0 Å². The van der Waals surface area contributed by atoms with Crippen LogP contribution in [0.3, 0.4) is 0 Å². The predicted octanol–water partition coefficient (Wildman–Crippen LogP) is 3.47. The number of ether oxygens (including phenoxy) is 1. The largest absolute Gasteiger partial charge is 0.508 e. The quantitative estimate of drug-likeness (QED) is 0.767. The molecule has 174 valence electrons. The summed E-state index contributed by atoms with van der Waals surface area (Å²) >= 11 is 0. The summed E-state index contributed by atoms with van der Waals surface area (Å²) in [6.07, 6.45) is 3.24. The van der Waals surface area contributed by atoms with Crippen LogP contribution in [0.1, 0.15) is 46.5 Å². The van der Waals surface area contributed by atoms with Gasteiger partial charge in [0.15, 0.2) is 0 Å². The van der Waals surface area contributed by atoms with Crippen LogP contribution in [-0.2, 0) is 9.53 Å². The third-order valence-electron chi connectivity index (χ3n) is 5.50. The molecule has 2 saturated heterocycles. The Hall–Kier alpha value is -2.35. The van der Waals surface area contributed by atoms with Gasteiger partial charge in [0.2, 0.25) is 5.91 Å². The average Bonchev–Trinajstić information content (AvgIpc) is 3.19. The molecule has 2 aliphatic rings. The Morgan fingerprint density at radius 3 is 2.13 bits per heavy atom. The second kappa shape index (κ2) is 10.8. The van der Waals surface area contributed by atoms with Crippen molar-refractivity contribution in [2.24, 2.45) is 0 Å². The molecule has 0 spiro atoms. The number of carbonyl (C=O) groups excluding carboxylic acids is 2. The Morgan fingerprint density at radius 2 is 1.65 bits per heavy atom. The fourth-order valence-electron chi connectivity index (χ4n) is 3.82. The van der Waals surface area contributed by atoms with Gasteiger partial charge in [-0.2, -0.15) is 0 Å². The number of carbonyl (C=O) groups is 2. The van der Waals surface area contributed by atoms with Gasteiger partial charge >= 0.3 is 6.09 Å². The fourth-order valence-corrected chi connectivity index (χ4v) is 3.82. The number of amides is 2. The van der Waals surface area contributed by atoms with Crippen molar-refractivity contribution < 1.29 is 23.8 Å². The van der Waals surface area contributed by atoms with E-state index in [4.69, 9.17) is 9.84 Å². The van der Waals surface area contributed by atoms with Crippen LogP contribution in [0.5, 0.6) is 5.75 Å². The van der Waals surface area contributed by atoms with Crippen molar-refractivity contribution in [1.82, 2.24) is 14.7 Å². The molecule has 1 aromatic carbocycles. The molecule has 2 aliphatic heterocycles. The monoisotopic (exact) mass is 437 g/mol. The minimum absolute atomic E-state index is 0.0885. The van der Waals surface area contributed by atoms with Gasteiger partial charge in [-0.25, -0.2) is 9.18 Å². The number of likely N-dealkylation sites (tertiary alicyclic amines) is 2. The molecule has 2 fully saturated rings. The van der Waals surface area contributed by atoms with E-state index in [-0.39, 0.29) is 29.6 Å². The van der Waals surface area contributed by atoms with Crippen molar-refractivity contribution in [2.75, 3.05) is 33.7 Å². The number of benzene rings is 1. The number of hydrogen-bond donors (Lipinski definition) is 1. The van der Waals surface area contributed by atoms with Gasteiger partial charge in [-0.15, -0.1) is 0 Å². The number of phenols is 1. The molecule has 1 aromatic rings. The molecule has 0 saturated carbocycles. The number of phenolic OH excluding ortho intramolecular Hbond substituents is 1. The third-order valence-corrected chi connectivity index (χ3v) is 5.50. The van der Waals surface area contributed by atoms with E-state index in [1.54, 1.807) is 4.90 Å². The predicted molar refractivity (Wildman–Crippen MR) is 117 cm³/mol. The highest BCUT2D eigenvalue weighted by molar-refractivity contribution is 5.86. The van der Waals surface area contributed by atoms with Crippen LogP contribution < -0.4 is 0 Å². The van der Waals surface area contributed by atoms with Crippen molar-refractivity contribution in [3.8, 4) is 5.75 Å². The number of piperidine rings is 1. The van der Waals surface area contributed by atoms with Crippen molar-refractivity contribution in [3.05, 3.63) is 30.1 Å². The SMILES string of the molecule is CN(C)C1CCN(C(=O)[C@H]2CCCN2C(=O)OC(C)(C)C)CC1.Oc1ccc(F)cc1. The fraction of sp³-hybridized carbons (Fsp3) is 0.652. The lowest BCUT2D eigenvalue weighted by atomic mass is 10.0. The second-order valence-corrected chi connectivity index (χ2v) is 9.33. The van der Waals surface area contributed by atoms with E-state index in [9.17, 15) is 14.0 Å². The molecule has 7 nitrogen and oxygen atoms in total. The first-order valence-corrected chi connectivity index (χ1v) is 10.9. The Bertz CT molecular complexity index is 704. The van der Waals surface area contributed by atoms with E-state index < -0.39 is 5.60 Å². The molecule has 3 rings (SSSR count). The van der Waals surface area contributed by atoms with E-state index in [2.05, 4.69) is 19.0 Å². The van der Waals surface area contributed by atoms with Gasteiger partial charge in [-0.05, 0) is 84.8 Å². The number of halogens is 1. The van der Waals surface area contributed by atoms with E-state index in [1.165, 1.54) is 24.3 Å². The number of hydrogen-bond acceptors (Lipinski definition) is 5. The summed E-state index contributed by atoms with van der Waals surface area (Å²) in [6.45, 7) is 7.72. The number of rotatable bonds is 2. The van der Waals surface area contributed by atoms with E-state index >= 15 is 0 Å². The van der Waals surface area contributed by atoms with Crippen molar-refractivity contribution >= 4 is 12.0 Å². The maximum Gasteiger partial charge on any atom is 0.410 e. The lowest BCUT2D eigenvalue weighted by Crippen LogP contribution is -2.52. The van der Waals surface area contributed by atoms with Crippen LogP contribution in [0.15, 0.2) is 24.3 Å². The molecule has 8 heteroatoms. The van der Waals surface area contributed by atoms with Crippen molar-refractivity contribution in [3.63, 3.8) is 0 Å². The van der Waals surface area contributed by atoms with Crippen molar-refractivity contribution in [1.29, 1.82) is 0 Å². The molecule has 1 N–H and O–H groups in total. The molecular weight excluding hydrogens is 401 g/mol. The first-order valence-electron chi connectivity index (χ1n) is 10.9. The molecule has 0 aromatic heterocycles. The Balaban J connectivity index is 0.000000357. The molecule has 31 heavy (non-hydrogen) atoms. The Morgan fingerprint density at radius 1 is 1.06 bits per heavy atom. The second-order valence-electron chi connectivity index (χ2n) is 9.33. The summed E-state index contributed by atoms with van der Waals surface area (Å²) < 4.78 is 17.4. The summed E-state index contributed by atoms with van der Waals surface area (Å²) in [5.74, 6) is -0.153. The van der Waals surface area contributed by atoms with Gasteiger partial charge < -0.3 is 19.6 Å². The third kappa shape index (κ3) is 7.69. The molecule has 2 amide bonds. The first-order chi connectivity index (χ1) is 14.5. The highest BCUT2D eigenvalue weighted by Gasteiger charge is 2.39. The van der Waals surface area contributed by atoms with Gasteiger partial charge in [0.1, 0.15) is 23.2 Å². The summed E-state index contributed by atoms with van der Waals surface area (Å²) in [5.41, 5.74) is -0.530. The zero-order chi connectivity index (χ0) is 23.2. The van der Waals surface area contributed by atoms with Gasteiger partial charge in [0.05, 0.1) is 0 Å². The molecule has 0 radical (unpaired) electrons. The van der Waals surface area contributed by atoms with E-state index in [1.807, 2.05) is 25.7 Å². The average molecular weight is 438 g/mol. The zero-order valence-corrected chi connectivity index (χ0v) is 19.3. The highest BCUT2D eigenvalue weighted by atomic mass is 19.1. The summed E-state index contributed by atoms with van der Waals surface area (Å²) in [6, 6.07) is 5.21. The number of aromatic hydroxyl groups is 1. The van der Waals surface area contributed by atoms with Gasteiger partial charge in [0, 0.05) is 25.7 Å². The Kier molecular flexibility index (Phi) is 8.68. The van der Waals surface area contributed by atoms with Gasteiger partial charge in [0.25, 0.3) is 0 Å². The molecule has 1 atom stereocenters. The van der Waals surface area contributed by atoms with Crippen LogP contribution in [0.4, 0.5) is 9.18 Å². The van der Waals surface area contributed by atoms with Crippen LogP contribution in [0, 0.1) is 5.82 Å². The van der Waals surface area contributed by atoms with E-state index in [0.29, 0.717) is 12.6 Å². The maximum absolute atomic E-state index is 12.8. The lowest BCUT2D eigenvalue weighted by molar-refractivity contribution is -0.137. The standard InChI is InChI=1S/C17H31N3O3.C6H5FO/c1-17(2,3)23-16(22)20-10-6-7-14(20)15(21)19-11-8-13(9-12-19)18(4)5;7-5-1-3-6(8)4-2-5/h13-14H,6-12H2,1-5H3;1-4,8H/t14-;/m1./s1. The topological polar surface area (TPSA) is 73.3 Å². The number of nitrogens with zero attached hydrogens (tertiary/aromatic N) is 3. The highest BCUT2D eigenvalue weighted by Crippen LogP contribution is 2.24. The zero-order valence-electron chi connectivity index (χ0n) is 19.3. The minimum Gasteiger partial charge on any atom is -0.508 e.